The first-order valence-corrected chi connectivity index (χ1v) is 10.1. The molecular formula is C22H21ClF3N5O4. The van der Waals surface area contributed by atoms with E-state index in [9.17, 15) is 23.1 Å². The summed E-state index contributed by atoms with van der Waals surface area (Å²) in [6.07, 6.45) is -3.59. The molecular weight excluding hydrogens is 491 g/mol. The molecule has 0 saturated carbocycles. The Morgan fingerprint density at radius 1 is 1.17 bits per heavy atom. The fraction of sp³-hybridized carbons (Fsp3) is 0.182. The predicted molar refractivity (Wildman–Crippen MR) is 124 cm³/mol. The van der Waals surface area contributed by atoms with Crippen LogP contribution in [0.15, 0.2) is 54.7 Å². The standard InChI is InChI=1S/C20H20ClN5O2.C2HF3O2/c1-26(17(19(27)28)13-5-3-2-4-6-13)11-12-7-8-14-15(9-12)18(25-20(22)23)24-10-16(14)21;3-2(4,5)1(6)7/h2-10,17H,11H2,1H3,(H,27,28)(H4,22,23,24,25);(H,6,7)/t17-;/m0./s1. The summed E-state index contributed by atoms with van der Waals surface area (Å²) in [5, 5.41) is 28.9. The molecule has 13 heteroatoms. The van der Waals surface area contributed by atoms with E-state index in [1.807, 2.05) is 36.4 Å². The van der Waals surface area contributed by atoms with Crippen molar-refractivity contribution in [1.82, 2.24) is 9.88 Å². The zero-order valence-corrected chi connectivity index (χ0v) is 18.9. The van der Waals surface area contributed by atoms with Crippen molar-refractivity contribution in [3.8, 4) is 0 Å². The van der Waals surface area contributed by atoms with Crippen LogP contribution >= 0.6 is 11.6 Å². The lowest BCUT2D eigenvalue weighted by molar-refractivity contribution is -0.192. The van der Waals surface area contributed by atoms with Gasteiger partial charge in [-0.1, -0.05) is 54.1 Å². The Morgan fingerprint density at radius 3 is 2.29 bits per heavy atom. The number of nitrogens with two attached hydrogens (primary N) is 1. The number of nitrogens with one attached hydrogen (secondary N) is 2. The van der Waals surface area contributed by atoms with Gasteiger partial charge in [-0.25, -0.2) is 9.78 Å². The molecule has 1 atom stereocenters. The van der Waals surface area contributed by atoms with E-state index in [2.05, 4.69) is 10.3 Å². The van der Waals surface area contributed by atoms with Crippen LogP contribution in [0.1, 0.15) is 17.2 Å². The molecule has 2 aromatic carbocycles. The lowest BCUT2D eigenvalue weighted by Gasteiger charge is -2.25. The number of aliphatic carboxylic acids is 2. The predicted octanol–water partition coefficient (Wildman–Crippen LogP) is 4.08. The minimum Gasteiger partial charge on any atom is -0.480 e. The molecule has 0 unspecified atom stereocenters. The first-order chi connectivity index (χ1) is 16.3. The van der Waals surface area contributed by atoms with Gasteiger partial charge in [-0.05, 0) is 24.2 Å². The van der Waals surface area contributed by atoms with E-state index in [1.54, 1.807) is 24.1 Å². The van der Waals surface area contributed by atoms with Gasteiger partial charge in [0.05, 0.1) is 5.02 Å². The summed E-state index contributed by atoms with van der Waals surface area (Å²) >= 11 is 6.23. The maximum atomic E-state index is 11.8. The second-order valence-electron chi connectivity index (χ2n) is 7.24. The molecule has 9 nitrogen and oxygen atoms in total. The number of aromatic nitrogens is 1. The van der Waals surface area contributed by atoms with Crippen LogP contribution in [0.4, 0.5) is 19.0 Å². The summed E-state index contributed by atoms with van der Waals surface area (Å²) in [5.41, 5.74) is 7.03. The van der Waals surface area contributed by atoms with E-state index in [4.69, 9.17) is 32.6 Å². The number of hydrogen-bond acceptors (Lipinski definition) is 5. The third kappa shape index (κ3) is 7.55. The highest BCUT2D eigenvalue weighted by Gasteiger charge is 2.38. The molecule has 186 valence electrons. The molecule has 0 bridgehead atoms. The Bertz CT molecular complexity index is 1220. The highest BCUT2D eigenvalue weighted by molar-refractivity contribution is 6.35. The number of fused-ring (bicyclic) bond motifs is 1. The van der Waals surface area contributed by atoms with Gasteiger partial charge < -0.3 is 21.3 Å². The van der Waals surface area contributed by atoms with E-state index < -0.39 is 24.2 Å². The maximum absolute atomic E-state index is 11.8. The Balaban J connectivity index is 0.000000540. The van der Waals surface area contributed by atoms with Crippen LogP contribution in [-0.4, -0.2) is 51.2 Å². The molecule has 0 spiro atoms. The van der Waals surface area contributed by atoms with E-state index >= 15 is 0 Å². The third-order valence-electron chi connectivity index (χ3n) is 4.62. The molecule has 0 aliphatic rings. The molecule has 3 aromatic rings. The lowest BCUT2D eigenvalue weighted by atomic mass is 10.0. The summed E-state index contributed by atoms with van der Waals surface area (Å²) in [6.45, 7) is 0.397. The Kier molecular flexibility index (Phi) is 8.98. The van der Waals surface area contributed by atoms with Crippen molar-refractivity contribution < 1.29 is 33.0 Å². The topological polar surface area (TPSA) is 153 Å². The van der Waals surface area contributed by atoms with Crippen molar-refractivity contribution in [3.63, 3.8) is 0 Å². The second kappa shape index (κ2) is 11.5. The fourth-order valence-electron chi connectivity index (χ4n) is 3.18. The van der Waals surface area contributed by atoms with Crippen LogP contribution in [0.25, 0.3) is 10.8 Å². The van der Waals surface area contributed by atoms with Gasteiger partial charge >= 0.3 is 18.1 Å². The van der Waals surface area contributed by atoms with Gasteiger partial charge in [-0.3, -0.25) is 15.1 Å². The number of alkyl halides is 3. The summed E-state index contributed by atoms with van der Waals surface area (Å²) in [7, 11) is 1.76. The van der Waals surface area contributed by atoms with Crippen molar-refractivity contribution in [2.45, 2.75) is 18.8 Å². The normalized spacial score (nSPS) is 11.9. The largest absolute Gasteiger partial charge is 0.490 e. The Hall–Kier alpha value is -3.90. The van der Waals surface area contributed by atoms with Gasteiger partial charge in [0.15, 0.2) is 5.96 Å². The number of halogens is 4. The van der Waals surface area contributed by atoms with Gasteiger partial charge in [-0.2, -0.15) is 13.2 Å². The molecule has 0 fully saturated rings. The van der Waals surface area contributed by atoms with Gasteiger partial charge in [0.25, 0.3) is 0 Å². The zero-order valence-electron chi connectivity index (χ0n) is 18.2. The van der Waals surface area contributed by atoms with Crippen LogP contribution < -0.4 is 11.1 Å². The number of pyridine rings is 1. The average molecular weight is 512 g/mol. The summed E-state index contributed by atoms with van der Waals surface area (Å²) in [5.74, 6) is -3.48. The third-order valence-corrected chi connectivity index (χ3v) is 4.92. The highest BCUT2D eigenvalue weighted by Crippen LogP contribution is 2.30. The number of anilines is 1. The molecule has 6 N–H and O–H groups in total. The highest BCUT2D eigenvalue weighted by atomic mass is 35.5. The van der Waals surface area contributed by atoms with Crippen LogP contribution in [-0.2, 0) is 16.1 Å². The molecule has 1 aromatic heterocycles. The Labute approximate surface area is 202 Å². The number of hydrogen-bond donors (Lipinski definition) is 5. The van der Waals surface area contributed by atoms with Gasteiger partial charge in [-0.15, -0.1) is 0 Å². The molecule has 3 rings (SSSR count). The number of rotatable bonds is 6. The monoisotopic (exact) mass is 511 g/mol. The minimum absolute atomic E-state index is 0.228. The molecule has 35 heavy (non-hydrogen) atoms. The number of benzene rings is 2. The van der Waals surface area contributed by atoms with E-state index in [-0.39, 0.29) is 5.96 Å². The molecule has 0 aliphatic heterocycles. The summed E-state index contributed by atoms with van der Waals surface area (Å²) in [6, 6.07) is 13.9. The first kappa shape index (κ1) is 27.3. The van der Waals surface area contributed by atoms with Crippen LogP contribution in [0.3, 0.4) is 0 Å². The number of nitrogens with zero attached hydrogens (tertiary/aromatic N) is 2. The number of carbonyl (C=O) groups is 2. The number of likely N-dealkylation sites (N-methyl/N-ethyl adjacent to an activating group) is 1. The maximum Gasteiger partial charge on any atom is 0.490 e. The quantitative estimate of drug-likeness (QED) is 0.245. The van der Waals surface area contributed by atoms with Crippen LogP contribution in [0.5, 0.6) is 0 Å². The van der Waals surface area contributed by atoms with Crippen molar-refractivity contribution in [3.05, 3.63) is 70.9 Å². The number of guanidine groups is 1. The molecule has 0 amide bonds. The molecule has 0 aliphatic carbocycles. The summed E-state index contributed by atoms with van der Waals surface area (Å²) in [4.78, 5) is 26.7. The van der Waals surface area contributed by atoms with Crippen LogP contribution in [0, 0.1) is 5.41 Å². The average Bonchev–Trinajstić information content (AvgIpc) is 2.76. The Morgan fingerprint density at radius 2 is 1.77 bits per heavy atom. The summed E-state index contributed by atoms with van der Waals surface area (Å²) < 4.78 is 31.7. The van der Waals surface area contributed by atoms with Crippen molar-refractivity contribution in [2.24, 2.45) is 5.73 Å². The van der Waals surface area contributed by atoms with Crippen molar-refractivity contribution in [1.29, 1.82) is 5.41 Å². The van der Waals surface area contributed by atoms with Gasteiger partial charge in [0.2, 0.25) is 0 Å². The van der Waals surface area contributed by atoms with Crippen molar-refractivity contribution >= 4 is 46.1 Å². The fourth-order valence-corrected chi connectivity index (χ4v) is 3.40. The number of carboxylic acid groups (broad SMARTS) is 2. The smallest absolute Gasteiger partial charge is 0.480 e. The van der Waals surface area contributed by atoms with E-state index in [0.29, 0.717) is 28.3 Å². The van der Waals surface area contributed by atoms with E-state index in [0.717, 1.165) is 10.9 Å². The van der Waals surface area contributed by atoms with Gasteiger partial charge in [0, 0.05) is 23.5 Å². The second-order valence-corrected chi connectivity index (χ2v) is 7.65. The van der Waals surface area contributed by atoms with Gasteiger partial charge in [0.1, 0.15) is 11.9 Å². The lowest BCUT2D eigenvalue weighted by Crippen LogP contribution is -2.30. The molecule has 0 saturated heterocycles. The van der Waals surface area contributed by atoms with Crippen LogP contribution in [0.2, 0.25) is 5.02 Å². The minimum atomic E-state index is -5.08. The first-order valence-electron chi connectivity index (χ1n) is 9.77. The SMILES string of the molecule is CN(Cc1ccc2c(Cl)cnc(NC(=N)N)c2c1)[C@H](C(=O)O)c1ccccc1.O=C(O)C(F)(F)F. The number of carboxylic acids is 2. The van der Waals surface area contributed by atoms with Crippen molar-refractivity contribution in [2.75, 3.05) is 12.4 Å². The molecule has 1 heterocycles. The molecule has 0 radical (unpaired) electrons. The zero-order chi connectivity index (χ0) is 26.3. The van der Waals surface area contributed by atoms with E-state index in [1.165, 1.54) is 6.20 Å².